The number of hydrogen-bond donors (Lipinski definition) is 2. The van der Waals surface area contributed by atoms with Gasteiger partial charge in [-0.1, -0.05) is 32.4 Å². The van der Waals surface area contributed by atoms with Gasteiger partial charge in [0.15, 0.2) is 0 Å². The first-order valence-electron chi connectivity index (χ1n) is 7.61. The van der Waals surface area contributed by atoms with Gasteiger partial charge in [0.05, 0.1) is 5.92 Å². The molecule has 1 amide bonds. The Kier molecular flexibility index (Phi) is 4.99. The summed E-state index contributed by atoms with van der Waals surface area (Å²) in [6, 6.07) is 7.84. The van der Waals surface area contributed by atoms with Gasteiger partial charge in [-0.15, -0.1) is 0 Å². The molecule has 2 atom stereocenters. The van der Waals surface area contributed by atoms with E-state index in [2.05, 4.69) is 19.2 Å². The lowest BCUT2D eigenvalue weighted by Gasteiger charge is -2.25. The Bertz CT molecular complexity index is 525. The summed E-state index contributed by atoms with van der Waals surface area (Å²) in [5.41, 5.74) is 1.98. The fraction of sp³-hybridized carbons (Fsp3) is 0.529. The molecular weight excluding hydrogens is 266 g/mol. The van der Waals surface area contributed by atoms with Crippen molar-refractivity contribution in [2.75, 3.05) is 5.32 Å². The van der Waals surface area contributed by atoms with Crippen LogP contribution in [0.25, 0.3) is 0 Å². The number of carbonyl (C=O) groups excluding carboxylic acids is 1. The fourth-order valence-corrected chi connectivity index (χ4v) is 2.87. The van der Waals surface area contributed by atoms with Crippen LogP contribution < -0.4 is 5.32 Å². The summed E-state index contributed by atoms with van der Waals surface area (Å²) in [7, 11) is 0. The van der Waals surface area contributed by atoms with E-state index in [9.17, 15) is 9.59 Å². The smallest absolute Gasteiger partial charge is 0.306 e. The number of amides is 1. The minimum atomic E-state index is -0.783. The summed E-state index contributed by atoms with van der Waals surface area (Å²) in [5.74, 6) is -0.997. The Morgan fingerprint density at radius 3 is 2.62 bits per heavy atom. The molecule has 2 rings (SSSR count). The van der Waals surface area contributed by atoms with Crippen molar-refractivity contribution < 1.29 is 14.7 Å². The van der Waals surface area contributed by atoms with Gasteiger partial charge in [0.25, 0.3) is 0 Å². The first-order chi connectivity index (χ1) is 9.97. The highest BCUT2D eigenvalue weighted by atomic mass is 16.4. The van der Waals surface area contributed by atoms with E-state index in [1.54, 1.807) is 0 Å². The average molecular weight is 289 g/mol. The number of hydrogen-bond acceptors (Lipinski definition) is 2. The average Bonchev–Trinajstić information content (AvgIpc) is 2.47. The molecular formula is C17H23NO3. The van der Waals surface area contributed by atoms with Crippen molar-refractivity contribution in [3.63, 3.8) is 0 Å². The van der Waals surface area contributed by atoms with Crippen molar-refractivity contribution in [2.24, 2.45) is 11.8 Å². The first kappa shape index (κ1) is 15.5. The number of benzene rings is 1. The molecule has 21 heavy (non-hydrogen) atoms. The molecule has 0 radical (unpaired) electrons. The van der Waals surface area contributed by atoms with Crippen molar-refractivity contribution >= 4 is 17.6 Å². The molecule has 0 aliphatic heterocycles. The maximum absolute atomic E-state index is 12.3. The van der Waals surface area contributed by atoms with Crippen LogP contribution in [0, 0.1) is 11.8 Å². The van der Waals surface area contributed by atoms with E-state index in [0.29, 0.717) is 18.8 Å². The maximum Gasteiger partial charge on any atom is 0.306 e. The lowest BCUT2D eigenvalue weighted by Crippen LogP contribution is -2.30. The Balaban J connectivity index is 2.01. The summed E-state index contributed by atoms with van der Waals surface area (Å²) in [4.78, 5) is 23.4. The molecule has 1 aromatic carbocycles. The van der Waals surface area contributed by atoms with Crippen LogP contribution in [0.15, 0.2) is 24.3 Å². The topological polar surface area (TPSA) is 66.4 Å². The highest BCUT2D eigenvalue weighted by molar-refractivity contribution is 5.93. The van der Waals surface area contributed by atoms with Gasteiger partial charge in [-0.25, -0.2) is 0 Å². The summed E-state index contributed by atoms with van der Waals surface area (Å²) >= 11 is 0. The van der Waals surface area contributed by atoms with Crippen LogP contribution in [-0.4, -0.2) is 17.0 Å². The van der Waals surface area contributed by atoms with E-state index in [4.69, 9.17) is 5.11 Å². The lowest BCUT2D eigenvalue weighted by atomic mass is 9.81. The van der Waals surface area contributed by atoms with Crippen molar-refractivity contribution in [2.45, 2.75) is 45.4 Å². The molecule has 0 bridgehead atoms. The minimum Gasteiger partial charge on any atom is -0.481 e. The molecule has 2 unspecified atom stereocenters. The SMILES string of the molecule is CC(C)c1cccc(NC(=O)C2CCCC(C(=O)O)C2)c1. The monoisotopic (exact) mass is 289 g/mol. The first-order valence-corrected chi connectivity index (χ1v) is 7.61. The standard InChI is InChI=1S/C17H23NO3/c1-11(2)12-5-4-8-15(10-12)18-16(19)13-6-3-7-14(9-13)17(20)21/h4-5,8,10-11,13-14H,3,6-7,9H2,1-2H3,(H,18,19)(H,20,21). The van der Waals surface area contributed by atoms with Gasteiger partial charge in [-0.3, -0.25) is 9.59 Å². The minimum absolute atomic E-state index is 0.0538. The van der Waals surface area contributed by atoms with Crippen molar-refractivity contribution in [1.82, 2.24) is 0 Å². The molecule has 114 valence electrons. The molecule has 1 aromatic rings. The maximum atomic E-state index is 12.3. The second kappa shape index (κ2) is 6.74. The van der Waals surface area contributed by atoms with Crippen LogP contribution in [0.4, 0.5) is 5.69 Å². The van der Waals surface area contributed by atoms with Gasteiger partial charge in [0.2, 0.25) is 5.91 Å². The Hall–Kier alpha value is -1.84. The van der Waals surface area contributed by atoms with Crippen LogP contribution in [0.3, 0.4) is 0 Å². The fourth-order valence-electron chi connectivity index (χ4n) is 2.87. The summed E-state index contributed by atoms with van der Waals surface area (Å²) in [6.07, 6.45) is 2.72. The van der Waals surface area contributed by atoms with E-state index in [1.807, 2.05) is 24.3 Å². The van der Waals surface area contributed by atoms with Gasteiger partial charge in [-0.05, 0) is 42.9 Å². The number of carboxylic acid groups (broad SMARTS) is 1. The molecule has 0 heterocycles. The second-order valence-corrected chi connectivity index (χ2v) is 6.17. The summed E-state index contributed by atoms with van der Waals surface area (Å²) < 4.78 is 0. The number of aliphatic carboxylic acids is 1. The van der Waals surface area contributed by atoms with E-state index >= 15 is 0 Å². The molecule has 1 aliphatic carbocycles. The third-order valence-electron chi connectivity index (χ3n) is 4.22. The zero-order chi connectivity index (χ0) is 15.4. The highest BCUT2D eigenvalue weighted by Crippen LogP contribution is 2.30. The van der Waals surface area contributed by atoms with Crippen LogP contribution in [-0.2, 0) is 9.59 Å². The number of nitrogens with one attached hydrogen (secondary N) is 1. The quantitative estimate of drug-likeness (QED) is 0.889. The molecule has 1 fully saturated rings. The van der Waals surface area contributed by atoms with Gasteiger partial charge >= 0.3 is 5.97 Å². The highest BCUT2D eigenvalue weighted by Gasteiger charge is 2.31. The zero-order valence-electron chi connectivity index (χ0n) is 12.6. The van der Waals surface area contributed by atoms with Gasteiger partial charge < -0.3 is 10.4 Å². The predicted molar refractivity (Wildman–Crippen MR) is 82.2 cm³/mol. The normalized spacial score (nSPS) is 22.0. The summed E-state index contributed by atoms with van der Waals surface area (Å²) in [5, 5.41) is 12.0. The van der Waals surface area contributed by atoms with Crippen molar-refractivity contribution in [3.05, 3.63) is 29.8 Å². The number of rotatable bonds is 4. The van der Waals surface area contributed by atoms with Gasteiger partial charge in [0.1, 0.15) is 0 Å². The van der Waals surface area contributed by atoms with Crippen LogP contribution in [0.5, 0.6) is 0 Å². The van der Waals surface area contributed by atoms with Gasteiger partial charge in [-0.2, -0.15) is 0 Å². The second-order valence-electron chi connectivity index (χ2n) is 6.17. The lowest BCUT2D eigenvalue weighted by molar-refractivity contribution is -0.143. The predicted octanol–water partition coefficient (Wildman–Crippen LogP) is 3.64. The van der Waals surface area contributed by atoms with E-state index in [0.717, 1.165) is 18.5 Å². The Morgan fingerprint density at radius 2 is 1.95 bits per heavy atom. The van der Waals surface area contributed by atoms with E-state index < -0.39 is 5.97 Å². The number of anilines is 1. The third-order valence-corrected chi connectivity index (χ3v) is 4.22. The van der Waals surface area contributed by atoms with Crippen LogP contribution >= 0.6 is 0 Å². The van der Waals surface area contributed by atoms with E-state index in [-0.39, 0.29) is 17.7 Å². The van der Waals surface area contributed by atoms with Gasteiger partial charge in [0, 0.05) is 11.6 Å². The molecule has 1 aliphatic rings. The molecule has 4 nitrogen and oxygen atoms in total. The Labute approximate surface area is 125 Å². The van der Waals surface area contributed by atoms with Crippen molar-refractivity contribution in [3.8, 4) is 0 Å². The van der Waals surface area contributed by atoms with E-state index in [1.165, 1.54) is 5.56 Å². The molecule has 4 heteroatoms. The van der Waals surface area contributed by atoms with Crippen LogP contribution in [0.1, 0.15) is 51.0 Å². The molecule has 0 saturated heterocycles. The molecule has 0 spiro atoms. The largest absolute Gasteiger partial charge is 0.481 e. The summed E-state index contributed by atoms with van der Waals surface area (Å²) in [6.45, 7) is 4.22. The molecule has 2 N–H and O–H groups in total. The van der Waals surface area contributed by atoms with Crippen LogP contribution in [0.2, 0.25) is 0 Å². The molecule has 0 aromatic heterocycles. The number of carbonyl (C=O) groups is 2. The zero-order valence-corrected chi connectivity index (χ0v) is 12.6. The molecule has 1 saturated carbocycles. The third kappa shape index (κ3) is 4.06. The Morgan fingerprint density at radius 1 is 1.24 bits per heavy atom. The number of carboxylic acids is 1. The van der Waals surface area contributed by atoms with Crippen molar-refractivity contribution in [1.29, 1.82) is 0 Å².